The maximum atomic E-state index is 12.2. The van der Waals surface area contributed by atoms with Gasteiger partial charge in [-0.1, -0.05) is 23.7 Å². The highest BCUT2D eigenvalue weighted by Crippen LogP contribution is 2.39. The molecule has 0 saturated heterocycles. The van der Waals surface area contributed by atoms with E-state index in [1.165, 1.54) is 24.3 Å². The summed E-state index contributed by atoms with van der Waals surface area (Å²) >= 11 is 6.04. The number of halogens is 4. The van der Waals surface area contributed by atoms with Crippen LogP contribution in [0.15, 0.2) is 36.4 Å². The number of carbonyl (C=O) groups is 1. The Bertz CT molecular complexity index is 809. The van der Waals surface area contributed by atoms with Crippen molar-refractivity contribution in [3.8, 4) is 17.2 Å². The van der Waals surface area contributed by atoms with Crippen LogP contribution < -0.4 is 19.5 Å². The van der Waals surface area contributed by atoms with Crippen LogP contribution in [-0.2, 0) is 6.54 Å². The first kappa shape index (κ1) is 18.2. The monoisotopic (exact) mass is 387 g/mol. The lowest BCUT2D eigenvalue weighted by Gasteiger charge is -2.10. The Morgan fingerprint density at radius 3 is 2.62 bits per heavy atom. The molecular formula is C17H13ClF3NO4. The summed E-state index contributed by atoms with van der Waals surface area (Å²) in [7, 11) is 0. The van der Waals surface area contributed by atoms with Gasteiger partial charge in [0.2, 0.25) is 6.79 Å². The van der Waals surface area contributed by atoms with Crippen molar-refractivity contribution in [1.29, 1.82) is 0 Å². The Kier molecular flexibility index (Phi) is 5.13. The third-order valence-electron chi connectivity index (χ3n) is 3.47. The number of nitrogens with one attached hydrogen (secondary N) is 1. The van der Waals surface area contributed by atoms with Crippen molar-refractivity contribution in [3.05, 3.63) is 52.5 Å². The molecule has 138 valence electrons. The molecule has 2 aromatic rings. The minimum absolute atomic E-state index is 0.0445. The molecule has 0 unspecified atom stereocenters. The number of ether oxygens (including phenoxy) is 3. The molecule has 26 heavy (non-hydrogen) atoms. The van der Waals surface area contributed by atoms with Gasteiger partial charge in [0.1, 0.15) is 5.75 Å². The highest BCUT2D eigenvalue weighted by Gasteiger charge is 2.28. The van der Waals surface area contributed by atoms with E-state index in [1.807, 2.05) is 0 Å². The van der Waals surface area contributed by atoms with Crippen LogP contribution in [-0.4, -0.2) is 25.5 Å². The summed E-state index contributed by atoms with van der Waals surface area (Å²) in [5.74, 6) is 0.522. The van der Waals surface area contributed by atoms with Gasteiger partial charge >= 0.3 is 6.18 Å². The number of fused-ring (bicyclic) bond motifs is 1. The molecule has 0 aromatic heterocycles. The topological polar surface area (TPSA) is 56.8 Å². The number of rotatable bonds is 5. The molecule has 2 aromatic carbocycles. The second kappa shape index (κ2) is 7.33. The van der Waals surface area contributed by atoms with Crippen molar-refractivity contribution < 1.29 is 32.2 Å². The summed E-state index contributed by atoms with van der Waals surface area (Å²) in [6, 6.07) is 8.95. The molecule has 0 radical (unpaired) electrons. The Balaban J connectivity index is 1.57. The average Bonchev–Trinajstić information content (AvgIpc) is 3.07. The summed E-state index contributed by atoms with van der Waals surface area (Å²) < 4.78 is 51.3. The molecule has 0 spiro atoms. The standard InChI is InChI=1S/C17H13ClF3NO4/c18-13-5-11(6-14-15(13)26-9-25-14)16(23)22-7-10-1-3-12(4-2-10)24-8-17(19,20)21/h1-6H,7-9H2,(H,22,23). The lowest BCUT2D eigenvalue weighted by atomic mass is 10.1. The summed E-state index contributed by atoms with van der Waals surface area (Å²) in [4.78, 5) is 12.2. The van der Waals surface area contributed by atoms with Gasteiger partial charge in [-0.25, -0.2) is 0 Å². The maximum Gasteiger partial charge on any atom is 0.422 e. The highest BCUT2D eigenvalue weighted by atomic mass is 35.5. The SMILES string of the molecule is O=C(NCc1ccc(OCC(F)(F)F)cc1)c1cc(Cl)c2c(c1)OCO2. The summed E-state index contributed by atoms with van der Waals surface area (Å²) in [5, 5.41) is 2.97. The van der Waals surface area contributed by atoms with Gasteiger partial charge < -0.3 is 19.5 Å². The smallest absolute Gasteiger partial charge is 0.422 e. The molecule has 3 rings (SSSR count). The Hall–Kier alpha value is -2.61. The molecule has 0 atom stereocenters. The molecular weight excluding hydrogens is 375 g/mol. The van der Waals surface area contributed by atoms with Crippen molar-refractivity contribution in [3.63, 3.8) is 0 Å². The van der Waals surface area contributed by atoms with Crippen molar-refractivity contribution in [2.75, 3.05) is 13.4 Å². The van der Waals surface area contributed by atoms with Gasteiger partial charge in [-0.2, -0.15) is 13.2 Å². The third kappa shape index (κ3) is 4.51. The number of alkyl halides is 3. The Morgan fingerprint density at radius 2 is 1.92 bits per heavy atom. The molecule has 1 aliphatic heterocycles. The normalized spacial score (nSPS) is 12.8. The lowest BCUT2D eigenvalue weighted by Crippen LogP contribution is -2.22. The quantitative estimate of drug-likeness (QED) is 0.844. The van der Waals surface area contributed by atoms with Crippen molar-refractivity contribution in [2.24, 2.45) is 0 Å². The second-order valence-corrected chi connectivity index (χ2v) is 5.83. The molecule has 1 N–H and O–H groups in total. The average molecular weight is 388 g/mol. The maximum absolute atomic E-state index is 12.2. The van der Waals surface area contributed by atoms with Gasteiger partial charge in [-0.05, 0) is 29.8 Å². The highest BCUT2D eigenvalue weighted by molar-refractivity contribution is 6.32. The Labute approximate surface area is 151 Å². The number of carbonyl (C=O) groups excluding carboxylic acids is 1. The van der Waals surface area contributed by atoms with E-state index < -0.39 is 12.8 Å². The number of hydrogen-bond acceptors (Lipinski definition) is 4. The zero-order chi connectivity index (χ0) is 18.7. The van der Waals surface area contributed by atoms with Crippen LogP contribution >= 0.6 is 11.6 Å². The number of benzene rings is 2. The molecule has 5 nitrogen and oxygen atoms in total. The van der Waals surface area contributed by atoms with Crippen LogP contribution in [0.3, 0.4) is 0 Å². The molecule has 1 amide bonds. The van der Waals surface area contributed by atoms with Crippen LogP contribution in [0.25, 0.3) is 0 Å². The van der Waals surface area contributed by atoms with Crippen LogP contribution in [0.2, 0.25) is 5.02 Å². The lowest BCUT2D eigenvalue weighted by molar-refractivity contribution is -0.153. The first-order valence-corrected chi connectivity index (χ1v) is 7.85. The van der Waals surface area contributed by atoms with E-state index in [0.29, 0.717) is 22.6 Å². The van der Waals surface area contributed by atoms with Gasteiger partial charge in [0, 0.05) is 12.1 Å². The molecule has 9 heteroatoms. The van der Waals surface area contributed by atoms with Gasteiger partial charge in [0.05, 0.1) is 5.02 Å². The first-order chi connectivity index (χ1) is 12.3. The molecule has 0 aliphatic carbocycles. The fourth-order valence-corrected chi connectivity index (χ4v) is 2.52. The van der Waals surface area contributed by atoms with E-state index in [4.69, 9.17) is 21.1 Å². The van der Waals surface area contributed by atoms with Gasteiger partial charge in [0.15, 0.2) is 18.1 Å². The van der Waals surface area contributed by atoms with Crippen LogP contribution in [0.5, 0.6) is 17.2 Å². The van der Waals surface area contributed by atoms with Crippen molar-refractivity contribution in [1.82, 2.24) is 5.32 Å². The van der Waals surface area contributed by atoms with Crippen LogP contribution in [0, 0.1) is 0 Å². The van der Waals surface area contributed by atoms with E-state index >= 15 is 0 Å². The summed E-state index contributed by atoms with van der Waals surface area (Å²) in [5.41, 5.74) is 1.01. The van der Waals surface area contributed by atoms with Gasteiger partial charge in [-0.3, -0.25) is 4.79 Å². The van der Waals surface area contributed by atoms with Gasteiger partial charge in [-0.15, -0.1) is 0 Å². The van der Waals surface area contributed by atoms with E-state index in [2.05, 4.69) is 10.1 Å². The zero-order valence-electron chi connectivity index (χ0n) is 13.2. The predicted molar refractivity (Wildman–Crippen MR) is 86.7 cm³/mol. The summed E-state index contributed by atoms with van der Waals surface area (Å²) in [6.45, 7) is -1.12. The van der Waals surface area contributed by atoms with Gasteiger partial charge in [0.25, 0.3) is 5.91 Å². The van der Waals surface area contributed by atoms with Crippen molar-refractivity contribution >= 4 is 17.5 Å². The minimum atomic E-state index is -4.39. The largest absolute Gasteiger partial charge is 0.484 e. The van der Waals surface area contributed by atoms with Crippen LogP contribution in [0.4, 0.5) is 13.2 Å². The van der Waals surface area contributed by atoms with E-state index in [0.717, 1.165) is 0 Å². The summed E-state index contributed by atoms with van der Waals surface area (Å²) in [6.07, 6.45) is -4.39. The van der Waals surface area contributed by atoms with Crippen LogP contribution in [0.1, 0.15) is 15.9 Å². The van der Waals surface area contributed by atoms with E-state index in [-0.39, 0.29) is 30.0 Å². The zero-order valence-corrected chi connectivity index (χ0v) is 14.0. The van der Waals surface area contributed by atoms with Crippen molar-refractivity contribution in [2.45, 2.75) is 12.7 Å². The van der Waals surface area contributed by atoms with E-state index in [1.54, 1.807) is 12.1 Å². The molecule has 0 bridgehead atoms. The predicted octanol–water partition coefficient (Wildman–Crippen LogP) is 3.94. The molecule has 1 heterocycles. The number of amides is 1. The Morgan fingerprint density at radius 1 is 1.19 bits per heavy atom. The first-order valence-electron chi connectivity index (χ1n) is 7.48. The fraction of sp³-hybridized carbons (Fsp3) is 0.235. The third-order valence-corrected chi connectivity index (χ3v) is 3.75. The fourth-order valence-electron chi connectivity index (χ4n) is 2.25. The minimum Gasteiger partial charge on any atom is -0.484 e. The molecule has 0 saturated carbocycles. The van der Waals surface area contributed by atoms with E-state index in [9.17, 15) is 18.0 Å². The second-order valence-electron chi connectivity index (χ2n) is 5.42. The molecule has 1 aliphatic rings. The molecule has 0 fully saturated rings. The number of hydrogen-bond donors (Lipinski definition) is 1.